The molecule has 0 saturated carbocycles. The molecule has 2 N–H and O–H groups in total. The van der Waals surface area contributed by atoms with Crippen molar-refractivity contribution in [3.63, 3.8) is 0 Å². The quantitative estimate of drug-likeness (QED) is 0.514. The molecule has 0 bridgehead atoms. The summed E-state index contributed by atoms with van der Waals surface area (Å²) in [7, 11) is 0. The van der Waals surface area contributed by atoms with Gasteiger partial charge in [0, 0.05) is 10.6 Å². The molecule has 0 aliphatic carbocycles. The Morgan fingerprint density at radius 2 is 1.70 bits per heavy atom. The topological polar surface area (TPSA) is 70.6 Å². The van der Waals surface area contributed by atoms with Crippen LogP contribution in [0.5, 0.6) is 0 Å². The van der Waals surface area contributed by atoms with E-state index in [4.69, 9.17) is 11.6 Å². The molecule has 0 radical (unpaired) electrons. The highest BCUT2D eigenvalue weighted by Gasteiger charge is 2.16. The van der Waals surface area contributed by atoms with Crippen molar-refractivity contribution in [1.82, 2.24) is 10.7 Å². The van der Waals surface area contributed by atoms with Crippen LogP contribution in [0.1, 0.15) is 24.1 Å². The zero-order chi connectivity index (χ0) is 16.7. The van der Waals surface area contributed by atoms with Gasteiger partial charge >= 0.3 is 11.8 Å². The summed E-state index contributed by atoms with van der Waals surface area (Å²) in [6.07, 6.45) is 1.38. The Morgan fingerprint density at radius 3 is 2.39 bits per heavy atom. The highest BCUT2D eigenvalue weighted by atomic mass is 35.5. The molecule has 0 aromatic heterocycles. The molecule has 0 aliphatic rings. The molecule has 2 aromatic rings. The molecule has 0 fully saturated rings. The number of halogens is 1. The smallest absolute Gasteiger partial charge is 0.329 e. The van der Waals surface area contributed by atoms with Gasteiger partial charge in [0.2, 0.25) is 0 Å². The SMILES string of the molecule is C[C@H](NC(=O)C(=O)N/N=C\c1ccccc1Cl)c1ccccc1. The summed E-state index contributed by atoms with van der Waals surface area (Å²) in [6.45, 7) is 1.80. The third kappa shape index (κ3) is 4.93. The number of nitrogens with zero attached hydrogens (tertiary/aromatic N) is 1. The maximum atomic E-state index is 11.8. The first kappa shape index (κ1) is 16.7. The van der Waals surface area contributed by atoms with E-state index in [2.05, 4.69) is 15.8 Å². The van der Waals surface area contributed by atoms with Crippen molar-refractivity contribution < 1.29 is 9.59 Å². The van der Waals surface area contributed by atoms with Crippen molar-refractivity contribution >= 4 is 29.6 Å². The summed E-state index contributed by atoms with van der Waals surface area (Å²) in [5, 5.41) is 6.85. The minimum Gasteiger partial charge on any atom is -0.341 e. The Balaban J connectivity index is 1.88. The summed E-state index contributed by atoms with van der Waals surface area (Å²) in [6, 6.07) is 16.1. The number of amides is 2. The number of nitrogens with one attached hydrogen (secondary N) is 2. The molecule has 0 saturated heterocycles. The van der Waals surface area contributed by atoms with Gasteiger partial charge in [-0.3, -0.25) is 9.59 Å². The van der Waals surface area contributed by atoms with Crippen LogP contribution < -0.4 is 10.7 Å². The third-order valence-corrected chi connectivity index (χ3v) is 3.47. The fourth-order valence-electron chi connectivity index (χ4n) is 1.88. The lowest BCUT2D eigenvalue weighted by Crippen LogP contribution is -2.39. The number of carbonyl (C=O) groups excluding carboxylic acids is 2. The van der Waals surface area contributed by atoms with Gasteiger partial charge in [-0.15, -0.1) is 0 Å². The van der Waals surface area contributed by atoms with Crippen molar-refractivity contribution in [3.8, 4) is 0 Å². The van der Waals surface area contributed by atoms with Crippen LogP contribution in [0.25, 0.3) is 0 Å². The minimum absolute atomic E-state index is 0.276. The van der Waals surface area contributed by atoms with Crippen LogP contribution in [0.4, 0.5) is 0 Å². The number of hydrazone groups is 1. The fraction of sp³-hybridized carbons (Fsp3) is 0.118. The molecule has 23 heavy (non-hydrogen) atoms. The minimum atomic E-state index is -0.837. The predicted molar refractivity (Wildman–Crippen MR) is 90.2 cm³/mol. The second-order valence-electron chi connectivity index (χ2n) is 4.83. The van der Waals surface area contributed by atoms with Gasteiger partial charge in [-0.1, -0.05) is 60.1 Å². The van der Waals surface area contributed by atoms with Crippen molar-refractivity contribution in [2.75, 3.05) is 0 Å². The Kier molecular flexibility index (Phi) is 5.88. The van der Waals surface area contributed by atoms with E-state index in [0.29, 0.717) is 10.6 Å². The number of hydrogen-bond donors (Lipinski definition) is 2. The second kappa shape index (κ2) is 8.10. The molecule has 2 rings (SSSR count). The Morgan fingerprint density at radius 1 is 1.04 bits per heavy atom. The molecular weight excluding hydrogens is 314 g/mol. The predicted octanol–water partition coefficient (Wildman–Crippen LogP) is 2.67. The summed E-state index contributed by atoms with van der Waals surface area (Å²) in [5.41, 5.74) is 3.73. The number of hydrogen-bond acceptors (Lipinski definition) is 3. The molecular formula is C17H16ClN3O2. The maximum Gasteiger partial charge on any atom is 0.329 e. The average Bonchev–Trinajstić information content (AvgIpc) is 2.57. The second-order valence-corrected chi connectivity index (χ2v) is 5.23. The van der Waals surface area contributed by atoms with Gasteiger partial charge < -0.3 is 5.32 Å². The Labute approximate surface area is 139 Å². The highest BCUT2D eigenvalue weighted by Crippen LogP contribution is 2.12. The van der Waals surface area contributed by atoms with Gasteiger partial charge in [0.1, 0.15) is 0 Å². The summed E-state index contributed by atoms with van der Waals surface area (Å²) in [4.78, 5) is 23.5. The summed E-state index contributed by atoms with van der Waals surface area (Å²) in [5.74, 6) is -1.59. The average molecular weight is 330 g/mol. The molecule has 2 amide bonds. The van der Waals surface area contributed by atoms with Crippen LogP contribution in [0.15, 0.2) is 59.7 Å². The van der Waals surface area contributed by atoms with Gasteiger partial charge in [-0.25, -0.2) is 5.43 Å². The normalized spacial score (nSPS) is 11.9. The first-order chi connectivity index (χ1) is 11.1. The zero-order valence-electron chi connectivity index (χ0n) is 12.5. The molecule has 0 aliphatic heterocycles. The highest BCUT2D eigenvalue weighted by molar-refractivity contribution is 6.35. The van der Waals surface area contributed by atoms with Crippen LogP contribution in [0.3, 0.4) is 0 Å². The molecule has 0 spiro atoms. The molecule has 1 atom stereocenters. The maximum absolute atomic E-state index is 11.8. The van der Waals surface area contributed by atoms with Crippen molar-refractivity contribution in [2.45, 2.75) is 13.0 Å². The zero-order valence-corrected chi connectivity index (χ0v) is 13.2. The van der Waals surface area contributed by atoms with E-state index in [1.807, 2.05) is 30.3 Å². The van der Waals surface area contributed by atoms with E-state index < -0.39 is 11.8 Å². The van der Waals surface area contributed by atoms with E-state index in [0.717, 1.165) is 5.56 Å². The van der Waals surface area contributed by atoms with E-state index >= 15 is 0 Å². The number of benzene rings is 2. The number of carbonyl (C=O) groups is 2. The van der Waals surface area contributed by atoms with Crippen LogP contribution in [-0.4, -0.2) is 18.0 Å². The van der Waals surface area contributed by atoms with Crippen molar-refractivity contribution in [1.29, 1.82) is 0 Å². The Bertz CT molecular complexity index is 717. The molecule has 0 unspecified atom stereocenters. The summed E-state index contributed by atoms with van der Waals surface area (Å²) < 4.78 is 0. The summed E-state index contributed by atoms with van der Waals surface area (Å²) >= 11 is 5.96. The largest absolute Gasteiger partial charge is 0.341 e. The van der Waals surface area contributed by atoms with Gasteiger partial charge in [-0.2, -0.15) is 5.10 Å². The van der Waals surface area contributed by atoms with Gasteiger partial charge in [0.25, 0.3) is 0 Å². The third-order valence-electron chi connectivity index (χ3n) is 3.13. The fourth-order valence-corrected chi connectivity index (χ4v) is 2.06. The first-order valence-electron chi connectivity index (χ1n) is 7.01. The number of rotatable bonds is 4. The van der Waals surface area contributed by atoms with Gasteiger partial charge in [0.05, 0.1) is 12.3 Å². The Hall–Kier alpha value is -2.66. The van der Waals surface area contributed by atoms with Crippen molar-refractivity contribution in [2.24, 2.45) is 5.10 Å². The van der Waals surface area contributed by atoms with Gasteiger partial charge in [-0.05, 0) is 18.6 Å². The van der Waals surface area contributed by atoms with Crippen molar-refractivity contribution in [3.05, 3.63) is 70.7 Å². The lowest BCUT2D eigenvalue weighted by atomic mass is 10.1. The van der Waals surface area contributed by atoms with Crippen LogP contribution in [0.2, 0.25) is 5.02 Å². The standard InChI is InChI=1S/C17H16ClN3O2/c1-12(13-7-3-2-4-8-13)20-16(22)17(23)21-19-11-14-9-5-6-10-15(14)18/h2-12H,1H3,(H,20,22)(H,21,23)/b19-11-/t12-/m0/s1. The monoisotopic (exact) mass is 329 g/mol. The first-order valence-corrected chi connectivity index (χ1v) is 7.39. The van der Waals surface area contributed by atoms with E-state index in [-0.39, 0.29) is 6.04 Å². The van der Waals surface area contributed by atoms with E-state index in [9.17, 15) is 9.59 Å². The van der Waals surface area contributed by atoms with Crippen LogP contribution in [-0.2, 0) is 9.59 Å². The molecule has 2 aromatic carbocycles. The lowest BCUT2D eigenvalue weighted by molar-refractivity contribution is -0.139. The van der Waals surface area contributed by atoms with E-state index in [1.165, 1.54) is 6.21 Å². The van der Waals surface area contributed by atoms with Crippen LogP contribution in [0, 0.1) is 0 Å². The molecule has 0 heterocycles. The molecule has 6 heteroatoms. The van der Waals surface area contributed by atoms with E-state index in [1.54, 1.807) is 31.2 Å². The van der Waals surface area contributed by atoms with Gasteiger partial charge in [0.15, 0.2) is 0 Å². The molecule has 118 valence electrons. The molecule has 5 nitrogen and oxygen atoms in total. The lowest BCUT2D eigenvalue weighted by Gasteiger charge is -2.13. The van der Waals surface area contributed by atoms with Crippen LogP contribution >= 0.6 is 11.6 Å².